The SMILES string of the molecule is CCCCCCCC/C=C\CCCCCCCC(=O)OCC(COP(=O)([O-])OCCN)OC(=O)CCCCCCC/C=C\CCCCCCCC. The summed E-state index contributed by atoms with van der Waals surface area (Å²) in [5, 5.41) is 0. The van der Waals surface area contributed by atoms with Gasteiger partial charge in [-0.2, -0.15) is 0 Å². The number of esters is 2. The Morgan fingerprint density at radius 3 is 1.39 bits per heavy atom. The van der Waals surface area contributed by atoms with Gasteiger partial charge >= 0.3 is 11.9 Å². The van der Waals surface area contributed by atoms with E-state index in [0.29, 0.717) is 12.8 Å². The predicted octanol–water partition coefficient (Wildman–Crippen LogP) is 11.0. The summed E-state index contributed by atoms with van der Waals surface area (Å²) >= 11 is 0. The van der Waals surface area contributed by atoms with Crippen LogP contribution >= 0.6 is 7.82 Å². The lowest BCUT2D eigenvalue weighted by Crippen LogP contribution is -2.30. The van der Waals surface area contributed by atoms with Crippen LogP contribution < -0.4 is 10.6 Å². The summed E-state index contributed by atoms with van der Waals surface area (Å²) in [5.74, 6) is -0.881. The van der Waals surface area contributed by atoms with Gasteiger partial charge in [0.25, 0.3) is 7.82 Å². The third kappa shape index (κ3) is 38.0. The van der Waals surface area contributed by atoms with Crippen LogP contribution in [0.5, 0.6) is 0 Å². The first-order valence-electron chi connectivity index (χ1n) is 20.8. The third-order valence-corrected chi connectivity index (χ3v) is 9.76. The van der Waals surface area contributed by atoms with Crippen molar-refractivity contribution in [2.75, 3.05) is 26.4 Å². The van der Waals surface area contributed by atoms with Crippen molar-refractivity contribution in [1.29, 1.82) is 0 Å². The zero-order chi connectivity index (χ0) is 37.5. The molecule has 2 atom stereocenters. The number of unbranched alkanes of at least 4 members (excludes halogenated alkanes) is 22. The van der Waals surface area contributed by atoms with Gasteiger partial charge in [0.15, 0.2) is 6.10 Å². The van der Waals surface area contributed by atoms with Crippen LogP contribution in [0.2, 0.25) is 0 Å². The van der Waals surface area contributed by atoms with E-state index in [1.165, 1.54) is 89.9 Å². The highest BCUT2D eigenvalue weighted by atomic mass is 31.2. The van der Waals surface area contributed by atoms with E-state index in [2.05, 4.69) is 42.7 Å². The monoisotopic (exact) mass is 743 g/mol. The van der Waals surface area contributed by atoms with Gasteiger partial charge in [-0.25, -0.2) is 0 Å². The summed E-state index contributed by atoms with van der Waals surface area (Å²) in [6.45, 7) is 3.51. The number of nitrogens with two attached hydrogens (primary N) is 1. The van der Waals surface area contributed by atoms with Gasteiger partial charge in [0.2, 0.25) is 0 Å². The maximum Gasteiger partial charge on any atom is 0.306 e. The van der Waals surface area contributed by atoms with Crippen LogP contribution in [0.1, 0.15) is 194 Å². The first-order valence-corrected chi connectivity index (χ1v) is 22.3. The summed E-state index contributed by atoms with van der Waals surface area (Å²) in [6, 6.07) is 0. The highest BCUT2D eigenvalue weighted by Gasteiger charge is 2.21. The summed E-state index contributed by atoms with van der Waals surface area (Å²) in [6.07, 6.45) is 38.9. The number of allylic oxidation sites excluding steroid dienone is 4. The first kappa shape index (κ1) is 49.5. The second kappa shape index (κ2) is 38.2. The number of ether oxygens (including phenoxy) is 2. The lowest BCUT2D eigenvalue weighted by Gasteiger charge is -2.25. The molecule has 0 heterocycles. The van der Waals surface area contributed by atoms with Crippen LogP contribution in [0.3, 0.4) is 0 Å². The molecule has 0 spiro atoms. The van der Waals surface area contributed by atoms with Gasteiger partial charge in [0.1, 0.15) is 6.61 Å². The average Bonchev–Trinajstić information content (AvgIpc) is 3.11. The number of phosphoric acid groups is 1. The van der Waals surface area contributed by atoms with E-state index in [9.17, 15) is 19.0 Å². The van der Waals surface area contributed by atoms with Gasteiger partial charge in [-0.05, 0) is 64.2 Å². The first-order chi connectivity index (χ1) is 24.8. The molecule has 0 aliphatic heterocycles. The molecule has 51 heavy (non-hydrogen) atoms. The molecule has 0 bridgehead atoms. The molecule has 0 fully saturated rings. The Morgan fingerprint density at radius 2 is 0.961 bits per heavy atom. The van der Waals surface area contributed by atoms with Crippen molar-refractivity contribution in [3.8, 4) is 0 Å². The third-order valence-electron chi connectivity index (χ3n) is 8.80. The number of hydrogen-bond donors (Lipinski definition) is 1. The molecule has 2 N–H and O–H groups in total. The summed E-state index contributed by atoms with van der Waals surface area (Å²) in [7, 11) is -4.62. The Hall–Kier alpha value is -1.51. The van der Waals surface area contributed by atoms with E-state index in [0.717, 1.165) is 64.2 Å². The number of carbonyl (C=O) groups is 2. The molecule has 10 heteroatoms. The molecule has 9 nitrogen and oxygen atoms in total. The fourth-order valence-electron chi connectivity index (χ4n) is 5.68. The van der Waals surface area contributed by atoms with Crippen molar-refractivity contribution < 1.29 is 37.6 Å². The molecule has 0 aliphatic rings. The Morgan fingerprint density at radius 1 is 0.569 bits per heavy atom. The molecule has 0 amide bonds. The maximum atomic E-state index is 12.5. The zero-order valence-electron chi connectivity index (χ0n) is 32.8. The maximum absolute atomic E-state index is 12.5. The Balaban J connectivity index is 4.20. The predicted molar refractivity (Wildman–Crippen MR) is 208 cm³/mol. The van der Waals surface area contributed by atoms with Crippen LogP contribution in [0.15, 0.2) is 24.3 Å². The highest BCUT2D eigenvalue weighted by Crippen LogP contribution is 2.38. The van der Waals surface area contributed by atoms with Crippen molar-refractivity contribution >= 4 is 19.8 Å². The van der Waals surface area contributed by atoms with Crippen LogP contribution in [0.4, 0.5) is 0 Å². The molecule has 0 saturated heterocycles. The average molecular weight is 743 g/mol. The van der Waals surface area contributed by atoms with E-state index in [-0.39, 0.29) is 32.6 Å². The second-order valence-electron chi connectivity index (χ2n) is 13.8. The molecule has 0 aromatic carbocycles. The summed E-state index contributed by atoms with van der Waals surface area (Å²) in [5.41, 5.74) is 5.31. The summed E-state index contributed by atoms with van der Waals surface area (Å²) in [4.78, 5) is 36.9. The van der Waals surface area contributed by atoms with E-state index in [1.807, 2.05) is 0 Å². The normalized spacial score (nSPS) is 13.6. The Bertz CT molecular complexity index is 897. The van der Waals surface area contributed by atoms with Gasteiger partial charge in [0.05, 0.1) is 13.2 Å². The fraction of sp³-hybridized carbons (Fsp3) is 0.854. The van der Waals surface area contributed by atoms with Crippen LogP contribution in [0.25, 0.3) is 0 Å². The minimum Gasteiger partial charge on any atom is -0.756 e. The zero-order valence-corrected chi connectivity index (χ0v) is 33.7. The number of rotatable bonds is 39. The molecule has 0 saturated carbocycles. The number of hydrogen-bond acceptors (Lipinski definition) is 9. The van der Waals surface area contributed by atoms with Crippen LogP contribution in [-0.2, 0) is 32.7 Å². The second-order valence-corrected chi connectivity index (χ2v) is 15.2. The van der Waals surface area contributed by atoms with E-state index < -0.39 is 32.5 Å². The van der Waals surface area contributed by atoms with Crippen molar-refractivity contribution in [2.24, 2.45) is 5.73 Å². The minimum atomic E-state index is -4.62. The quantitative estimate of drug-likeness (QED) is 0.0282. The standard InChI is InChI=1S/C41H78NO8P/c1-3-5-7-9-11-13-15-17-19-21-23-25-27-29-31-33-40(43)47-37-39(38-49-51(45,46)48-36-35-42)50-41(44)34-32-30-28-26-24-22-20-18-16-14-12-10-8-6-4-2/h17-20,39H,3-16,21-38,42H2,1-2H3,(H,45,46)/p-1/b19-17-,20-18-. The smallest absolute Gasteiger partial charge is 0.306 e. The van der Waals surface area contributed by atoms with Crippen LogP contribution in [-0.4, -0.2) is 44.4 Å². The molecular formula is C41H77NO8P-. The molecule has 300 valence electrons. The van der Waals surface area contributed by atoms with Crippen molar-refractivity contribution in [3.63, 3.8) is 0 Å². The Labute approximate surface area is 312 Å². The molecule has 0 rings (SSSR count). The largest absolute Gasteiger partial charge is 0.756 e. The van der Waals surface area contributed by atoms with Crippen LogP contribution in [0, 0.1) is 0 Å². The lowest BCUT2D eigenvalue weighted by molar-refractivity contribution is -0.228. The van der Waals surface area contributed by atoms with Crippen molar-refractivity contribution in [1.82, 2.24) is 0 Å². The molecule has 0 aromatic rings. The molecule has 2 unspecified atom stereocenters. The van der Waals surface area contributed by atoms with Gasteiger partial charge in [-0.3, -0.25) is 14.2 Å². The van der Waals surface area contributed by atoms with E-state index >= 15 is 0 Å². The van der Waals surface area contributed by atoms with Gasteiger partial charge < -0.3 is 29.1 Å². The van der Waals surface area contributed by atoms with E-state index in [1.54, 1.807) is 0 Å². The molecular weight excluding hydrogens is 665 g/mol. The number of carbonyl (C=O) groups excluding carboxylic acids is 2. The Kier molecular flexibility index (Phi) is 37.1. The summed E-state index contributed by atoms with van der Waals surface area (Å²) < 4.78 is 32.3. The van der Waals surface area contributed by atoms with Crippen molar-refractivity contribution in [2.45, 2.75) is 200 Å². The minimum absolute atomic E-state index is 0.0118. The molecule has 0 aromatic heterocycles. The van der Waals surface area contributed by atoms with Crippen molar-refractivity contribution in [3.05, 3.63) is 24.3 Å². The van der Waals surface area contributed by atoms with E-state index in [4.69, 9.17) is 19.7 Å². The van der Waals surface area contributed by atoms with Gasteiger partial charge in [-0.15, -0.1) is 0 Å². The molecule has 0 radical (unpaired) electrons. The highest BCUT2D eigenvalue weighted by molar-refractivity contribution is 7.45. The van der Waals surface area contributed by atoms with Gasteiger partial charge in [0, 0.05) is 19.4 Å². The topological polar surface area (TPSA) is 137 Å². The number of phosphoric ester groups is 1. The van der Waals surface area contributed by atoms with Gasteiger partial charge in [-0.1, -0.05) is 141 Å². The molecule has 0 aliphatic carbocycles. The fourth-order valence-corrected chi connectivity index (χ4v) is 6.43. The lowest BCUT2D eigenvalue weighted by atomic mass is 10.1.